The van der Waals surface area contributed by atoms with Crippen LogP contribution in [0.25, 0.3) is 0 Å². The molecule has 0 amide bonds. The topological polar surface area (TPSA) is 42.2 Å². The molecule has 19 heavy (non-hydrogen) atoms. The first-order valence-electron chi connectivity index (χ1n) is 5.35. The third kappa shape index (κ3) is 3.04. The zero-order chi connectivity index (χ0) is 13.8. The molecule has 5 heteroatoms. The van der Waals surface area contributed by atoms with Gasteiger partial charge in [0.05, 0.1) is 17.1 Å². The highest BCUT2D eigenvalue weighted by Gasteiger charge is 2.08. The van der Waals surface area contributed by atoms with Crippen molar-refractivity contribution >= 4 is 15.9 Å². The monoisotopic (exact) mass is 321 g/mol. The van der Waals surface area contributed by atoms with Gasteiger partial charge in [0.25, 0.3) is 0 Å². The van der Waals surface area contributed by atoms with Crippen molar-refractivity contribution in [3.05, 3.63) is 52.3 Å². The minimum absolute atomic E-state index is 0.311. The molecule has 0 aromatic heterocycles. The molecule has 0 bridgehead atoms. The summed E-state index contributed by atoms with van der Waals surface area (Å²) in [5.74, 6) is 0.763. The van der Waals surface area contributed by atoms with E-state index in [1.807, 2.05) is 6.07 Å². The fraction of sp³-hybridized carbons (Fsp3) is 0.0714. The first-order chi connectivity index (χ1) is 9.13. The van der Waals surface area contributed by atoms with E-state index in [0.717, 1.165) is 0 Å². The maximum absolute atomic E-state index is 13.4. The number of ether oxygens (including phenoxy) is 2. The number of rotatable bonds is 3. The third-order valence-corrected chi connectivity index (χ3v) is 3.07. The molecule has 0 saturated heterocycles. The molecule has 2 aromatic rings. The highest BCUT2D eigenvalue weighted by atomic mass is 79.9. The Morgan fingerprint density at radius 1 is 1.16 bits per heavy atom. The normalized spacial score (nSPS) is 9.79. The molecular weight excluding hydrogens is 313 g/mol. The van der Waals surface area contributed by atoms with Gasteiger partial charge in [-0.2, -0.15) is 5.26 Å². The van der Waals surface area contributed by atoms with Gasteiger partial charge in [-0.25, -0.2) is 4.39 Å². The third-order valence-electron chi connectivity index (χ3n) is 2.43. The molecule has 96 valence electrons. The molecule has 0 unspecified atom stereocenters. The molecule has 3 nitrogen and oxygen atoms in total. The van der Waals surface area contributed by atoms with Crippen molar-refractivity contribution in [2.24, 2.45) is 0 Å². The lowest BCUT2D eigenvalue weighted by molar-refractivity contribution is 0.408. The Morgan fingerprint density at radius 3 is 2.53 bits per heavy atom. The van der Waals surface area contributed by atoms with Crippen LogP contribution < -0.4 is 9.47 Å². The van der Waals surface area contributed by atoms with Crippen molar-refractivity contribution in [1.29, 1.82) is 5.26 Å². The SMILES string of the molecule is COc1ccc(C#N)c(Oc2ccc(Br)c(F)c2)c1. The molecule has 0 aliphatic carbocycles. The van der Waals surface area contributed by atoms with E-state index >= 15 is 0 Å². The lowest BCUT2D eigenvalue weighted by atomic mass is 10.2. The van der Waals surface area contributed by atoms with Crippen LogP contribution in [0.15, 0.2) is 40.9 Å². The molecule has 0 aliphatic rings. The van der Waals surface area contributed by atoms with Gasteiger partial charge in [-0.1, -0.05) is 0 Å². The van der Waals surface area contributed by atoms with Gasteiger partial charge in [0.1, 0.15) is 29.1 Å². The van der Waals surface area contributed by atoms with Crippen molar-refractivity contribution in [3.8, 4) is 23.3 Å². The van der Waals surface area contributed by atoms with Gasteiger partial charge in [-0.05, 0) is 40.2 Å². The van der Waals surface area contributed by atoms with Crippen LogP contribution in [0.5, 0.6) is 17.2 Å². The number of nitriles is 1. The summed E-state index contributed by atoms with van der Waals surface area (Å²) >= 11 is 3.06. The van der Waals surface area contributed by atoms with E-state index < -0.39 is 5.82 Å². The molecule has 0 fully saturated rings. The molecule has 0 N–H and O–H groups in total. The van der Waals surface area contributed by atoms with Gasteiger partial charge in [-0.15, -0.1) is 0 Å². The second-order valence-corrected chi connectivity index (χ2v) is 4.51. The van der Waals surface area contributed by atoms with E-state index in [4.69, 9.17) is 14.7 Å². The van der Waals surface area contributed by atoms with Crippen LogP contribution in [-0.4, -0.2) is 7.11 Å². The summed E-state index contributed by atoms with van der Waals surface area (Å²) in [5.41, 5.74) is 0.351. The Hall–Kier alpha value is -2.06. The molecule has 2 rings (SSSR count). The average molecular weight is 322 g/mol. The lowest BCUT2D eigenvalue weighted by Crippen LogP contribution is -1.91. The van der Waals surface area contributed by atoms with Crippen LogP contribution >= 0.6 is 15.9 Å². The smallest absolute Gasteiger partial charge is 0.148 e. The Bertz CT molecular complexity index is 652. The number of halogens is 2. The maximum atomic E-state index is 13.4. The number of benzene rings is 2. The molecule has 0 radical (unpaired) electrons. The summed E-state index contributed by atoms with van der Waals surface area (Å²) < 4.78 is 24.3. The molecule has 0 spiro atoms. The van der Waals surface area contributed by atoms with Crippen LogP contribution in [0, 0.1) is 17.1 Å². The van der Waals surface area contributed by atoms with Crippen LogP contribution in [-0.2, 0) is 0 Å². The first-order valence-corrected chi connectivity index (χ1v) is 6.14. The van der Waals surface area contributed by atoms with E-state index in [2.05, 4.69) is 15.9 Å². The molecule has 0 atom stereocenters. The molecule has 2 aromatic carbocycles. The highest BCUT2D eigenvalue weighted by Crippen LogP contribution is 2.30. The summed E-state index contributed by atoms with van der Waals surface area (Å²) in [7, 11) is 1.52. The standard InChI is InChI=1S/C14H9BrFNO2/c1-18-10-3-2-9(8-17)14(7-10)19-11-4-5-12(15)13(16)6-11/h2-7H,1H3. The lowest BCUT2D eigenvalue weighted by Gasteiger charge is -2.09. The van der Waals surface area contributed by atoms with E-state index in [-0.39, 0.29) is 0 Å². The van der Waals surface area contributed by atoms with Crippen molar-refractivity contribution < 1.29 is 13.9 Å². The van der Waals surface area contributed by atoms with Crippen molar-refractivity contribution in [2.75, 3.05) is 7.11 Å². The van der Waals surface area contributed by atoms with E-state index in [1.54, 1.807) is 24.3 Å². The summed E-state index contributed by atoms with van der Waals surface area (Å²) in [4.78, 5) is 0. The zero-order valence-electron chi connectivity index (χ0n) is 9.98. The molecule has 0 saturated carbocycles. The van der Waals surface area contributed by atoms with Gasteiger partial charge in [0.15, 0.2) is 0 Å². The summed E-state index contributed by atoms with van der Waals surface area (Å²) in [5, 5.41) is 9.01. The first kappa shape index (κ1) is 13.4. The van der Waals surface area contributed by atoms with Gasteiger partial charge >= 0.3 is 0 Å². The Kier molecular flexibility index (Phi) is 4.03. The van der Waals surface area contributed by atoms with Gasteiger partial charge < -0.3 is 9.47 Å². The minimum atomic E-state index is -0.432. The number of hydrogen-bond donors (Lipinski definition) is 0. The molecular formula is C14H9BrFNO2. The maximum Gasteiger partial charge on any atom is 0.148 e. The number of nitrogens with zero attached hydrogens (tertiary/aromatic N) is 1. The Labute approximate surface area is 118 Å². The second-order valence-electron chi connectivity index (χ2n) is 3.65. The van der Waals surface area contributed by atoms with E-state index in [0.29, 0.717) is 27.3 Å². The second kappa shape index (κ2) is 5.72. The largest absolute Gasteiger partial charge is 0.497 e. The van der Waals surface area contributed by atoms with Crippen LogP contribution in [0.1, 0.15) is 5.56 Å². The minimum Gasteiger partial charge on any atom is -0.497 e. The number of hydrogen-bond acceptors (Lipinski definition) is 3. The van der Waals surface area contributed by atoms with E-state index in [9.17, 15) is 4.39 Å². The van der Waals surface area contributed by atoms with Crippen LogP contribution in [0.4, 0.5) is 4.39 Å². The van der Waals surface area contributed by atoms with Crippen molar-refractivity contribution in [2.45, 2.75) is 0 Å². The number of methoxy groups -OCH3 is 1. The van der Waals surface area contributed by atoms with Gasteiger partial charge in [0.2, 0.25) is 0 Å². The molecule has 0 heterocycles. The predicted octanol–water partition coefficient (Wildman–Crippen LogP) is 4.26. The fourth-order valence-electron chi connectivity index (χ4n) is 1.47. The fourth-order valence-corrected chi connectivity index (χ4v) is 1.72. The summed E-state index contributed by atoms with van der Waals surface area (Å²) in [6, 6.07) is 11.2. The summed E-state index contributed by atoms with van der Waals surface area (Å²) in [6.45, 7) is 0. The van der Waals surface area contributed by atoms with Crippen molar-refractivity contribution in [3.63, 3.8) is 0 Å². The zero-order valence-corrected chi connectivity index (χ0v) is 11.6. The quantitative estimate of drug-likeness (QED) is 0.848. The molecule has 0 aliphatic heterocycles. The van der Waals surface area contributed by atoms with Crippen LogP contribution in [0.3, 0.4) is 0 Å². The van der Waals surface area contributed by atoms with Crippen LogP contribution in [0.2, 0.25) is 0 Å². The summed E-state index contributed by atoms with van der Waals surface area (Å²) in [6.07, 6.45) is 0. The Morgan fingerprint density at radius 2 is 1.89 bits per heavy atom. The predicted molar refractivity (Wildman–Crippen MR) is 71.9 cm³/mol. The van der Waals surface area contributed by atoms with E-state index in [1.165, 1.54) is 19.2 Å². The van der Waals surface area contributed by atoms with Gasteiger partial charge in [0, 0.05) is 12.1 Å². The van der Waals surface area contributed by atoms with Crippen molar-refractivity contribution in [1.82, 2.24) is 0 Å². The Balaban J connectivity index is 2.36. The van der Waals surface area contributed by atoms with Gasteiger partial charge in [-0.3, -0.25) is 0 Å². The highest BCUT2D eigenvalue weighted by molar-refractivity contribution is 9.10. The average Bonchev–Trinajstić information content (AvgIpc) is 2.43.